The number of carbonyl (C=O) groups excluding carboxylic acids is 2. The molecule has 37 heavy (non-hydrogen) atoms. The van der Waals surface area contributed by atoms with Crippen LogP contribution in [0.3, 0.4) is 0 Å². The number of rotatable bonds is 3. The summed E-state index contributed by atoms with van der Waals surface area (Å²) in [6.45, 7) is 10.2. The van der Waals surface area contributed by atoms with Crippen molar-refractivity contribution in [2.24, 2.45) is 5.92 Å². The fraction of sp³-hybridized carbons (Fsp3) is 0.517. The van der Waals surface area contributed by atoms with Crippen molar-refractivity contribution in [1.82, 2.24) is 14.7 Å². The molecule has 0 spiro atoms. The molecule has 0 aliphatic carbocycles. The van der Waals surface area contributed by atoms with Crippen molar-refractivity contribution in [3.63, 3.8) is 0 Å². The summed E-state index contributed by atoms with van der Waals surface area (Å²) in [5.41, 5.74) is 1.21. The van der Waals surface area contributed by atoms with Crippen molar-refractivity contribution < 1.29 is 18.4 Å². The van der Waals surface area contributed by atoms with E-state index in [1.807, 2.05) is 34.1 Å². The highest BCUT2D eigenvalue weighted by Gasteiger charge is 2.44. The van der Waals surface area contributed by atoms with Crippen LogP contribution in [0.2, 0.25) is 5.02 Å². The Bertz CT molecular complexity index is 1130. The van der Waals surface area contributed by atoms with E-state index in [-0.39, 0.29) is 29.3 Å². The minimum absolute atomic E-state index is 0.0334. The largest absolute Gasteiger partial charge is 0.341 e. The summed E-state index contributed by atoms with van der Waals surface area (Å²) < 4.78 is 28.5. The molecule has 2 aliphatic heterocycles. The lowest BCUT2D eigenvalue weighted by Crippen LogP contribution is -2.47. The average Bonchev–Trinajstić information content (AvgIpc) is 3.25. The molecule has 8 heteroatoms. The van der Waals surface area contributed by atoms with E-state index in [0.29, 0.717) is 43.3 Å². The predicted octanol–water partition coefficient (Wildman–Crippen LogP) is 5.64. The first-order valence-electron chi connectivity index (χ1n) is 13.0. The van der Waals surface area contributed by atoms with Crippen LogP contribution in [0.15, 0.2) is 42.5 Å². The van der Waals surface area contributed by atoms with Gasteiger partial charge in [-0.3, -0.25) is 14.5 Å². The van der Waals surface area contributed by atoms with Crippen LogP contribution < -0.4 is 0 Å². The summed E-state index contributed by atoms with van der Waals surface area (Å²) in [5.74, 6) is -2.13. The molecule has 2 amide bonds. The molecule has 2 fully saturated rings. The van der Waals surface area contributed by atoms with Crippen molar-refractivity contribution >= 4 is 23.4 Å². The third kappa shape index (κ3) is 6.15. The number of benzene rings is 2. The van der Waals surface area contributed by atoms with E-state index in [4.69, 9.17) is 11.6 Å². The van der Waals surface area contributed by atoms with Crippen LogP contribution in [-0.4, -0.2) is 64.8 Å². The van der Waals surface area contributed by atoms with Gasteiger partial charge in [0.15, 0.2) is 0 Å². The van der Waals surface area contributed by atoms with Gasteiger partial charge in [-0.2, -0.15) is 0 Å². The number of amides is 2. The Morgan fingerprint density at radius 3 is 2.30 bits per heavy atom. The molecule has 5 nitrogen and oxygen atoms in total. The summed E-state index contributed by atoms with van der Waals surface area (Å²) in [6, 6.07) is 11.1. The zero-order chi connectivity index (χ0) is 26.9. The molecule has 0 N–H and O–H groups in total. The highest BCUT2D eigenvalue weighted by molar-refractivity contribution is 6.30. The number of nitrogens with zero attached hydrogens (tertiary/aromatic N) is 3. The Hall–Kier alpha value is -2.51. The summed E-state index contributed by atoms with van der Waals surface area (Å²) in [6.07, 6.45) is 1.45. The lowest BCUT2D eigenvalue weighted by Gasteiger charge is -2.38. The zero-order valence-electron chi connectivity index (χ0n) is 22.0. The Morgan fingerprint density at radius 1 is 0.973 bits per heavy atom. The van der Waals surface area contributed by atoms with Gasteiger partial charge in [-0.25, -0.2) is 8.78 Å². The molecule has 4 rings (SSSR count). The Balaban J connectivity index is 1.56. The molecule has 0 radical (unpaired) electrons. The van der Waals surface area contributed by atoms with Gasteiger partial charge in [0.25, 0.3) is 0 Å². The van der Waals surface area contributed by atoms with Crippen LogP contribution >= 0.6 is 11.6 Å². The van der Waals surface area contributed by atoms with Gasteiger partial charge in [0, 0.05) is 62.2 Å². The normalized spacial score (nSPS) is 23.6. The van der Waals surface area contributed by atoms with Crippen molar-refractivity contribution in [3.8, 4) is 0 Å². The maximum absolute atomic E-state index is 14.9. The number of halogens is 3. The quantitative estimate of drug-likeness (QED) is 0.514. The monoisotopic (exact) mass is 531 g/mol. The zero-order valence-corrected chi connectivity index (χ0v) is 22.8. The summed E-state index contributed by atoms with van der Waals surface area (Å²) in [5, 5.41) is 0.647. The second kappa shape index (κ2) is 11.1. The lowest BCUT2D eigenvalue weighted by molar-refractivity contribution is -0.139. The minimum atomic E-state index is -0.627. The standard InChI is InChI=1S/C29H36ClF2N3O2/c1-19(36)35-15-14-33(13-5-6-27(35)20-7-9-21(30)10-8-20)28(37)25-18-34(29(2,3)4)17-24(25)23-12-11-22(31)16-26(23)32/h7-12,16,24-25,27H,5-6,13-15,17-18H2,1-4H3/t24-,25+,27-/m0/s1. The van der Waals surface area contributed by atoms with Gasteiger partial charge in [0.05, 0.1) is 12.0 Å². The smallest absolute Gasteiger partial charge is 0.227 e. The molecule has 2 aromatic carbocycles. The van der Waals surface area contributed by atoms with E-state index < -0.39 is 17.6 Å². The van der Waals surface area contributed by atoms with Gasteiger partial charge in [0.2, 0.25) is 11.8 Å². The van der Waals surface area contributed by atoms with E-state index in [1.165, 1.54) is 12.1 Å². The summed E-state index contributed by atoms with van der Waals surface area (Å²) >= 11 is 6.07. The first-order valence-corrected chi connectivity index (χ1v) is 13.3. The molecule has 0 bridgehead atoms. The van der Waals surface area contributed by atoms with Gasteiger partial charge >= 0.3 is 0 Å². The molecule has 0 saturated carbocycles. The van der Waals surface area contributed by atoms with E-state index in [1.54, 1.807) is 6.92 Å². The number of hydrogen-bond donors (Lipinski definition) is 0. The SMILES string of the molecule is CC(=O)N1CCN(C(=O)[C@@H]2CN(C(C)(C)C)C[C@H]2c2ccc(F)cc2F)CCC[C@H]1c1ccc(Cl)cc1. The molecular weight excluding hydrogens is 496 g/mol. The van der Waals surface area contributed by atoms with Gasteiger partial charge in [-0.05, 0) is 62.9 Å². The van der Waals surface area contributed by atoms with Gasteiger partial charge in [-0.15, -0.1) is 0 Å². The highest BCUT2D eigenvalue weighted by atomic mass is 35.5. The number of carbonyl (C=O) groups is 2. The lowest BCUT2D eigenvalue weighted by atomic mass is 9.87. The van der Waals surface area contributed by atoms with Crippen molar-refractivity contribution in [3.05, 3.63) is 70.2 Å². The van der Waals surface area contributed by atoms with E-state index in [9.17, 15) is 18.4 Å². The number of hydrogen-bond acceptors (Lipinski definition) is 3. The van der Waals surface area contributed by atoms with Crippen LogP contribution in [0.25, 0.3) is 0 Å². The molecule has 2 aromatic rings. The molecule has 2 aliphatic rings. The molecule has 0 unspecified atom stereocenters. The molecular formula is C29H36ClF2N3O2. The van der Waals surface area contributed by atoms with Crippen LogP contribution in [0.5, 0.6) is 0 Å². The van der Waals surface area contributed by atoms with Gasteiger partial charge < -0.3 is 9.80 Å². The Kier molecular flexibility index (Phi) is 8.24. The first-order chi connectivity index (χ1) is 17.5. The van der Waals surface area contributed by atoms with Crippen LogP contribution in [-0.2, 0) is 9.59 Å². The van der Waals surface area contributed by atoms with E-state index >= 15 is 0 Å². The maximum atomic E-state index is 14.9. The van der Waals surface area contributed by atoms with Crippen LogP contribution in [0.4, 0.5) is 8.78 Å². The van der Waals surface area contributed by atoms with Crippen LogP contribution in [0, 0.1) is 17.6 Å². The molecule has 3 atom stereocenters. The molecule has 0 aromatic heterocycles. The molecule has 200 valence electrons. The third-order valence-corrected chi connectivity index (χ3v) is 8.06. The minimum Gasteiger partial charge on any atom is -0.341 e. The van der Waals surface area contributed by atoms with Crippen molar-refractivity contribution in [1.29, 1.82) is 0 Å². The average molecular weight is 532 g/mol. The highest BCUT2D eigenvalue weighted by Crippen LogP contribution is 2.39. The summed E-state index contributed by atoms with van der Waals surface area (Å²) in [4.78, 5) is 32.4. The van der Waals surface area contributed by atoms with E-state index in [2.05, 4.69) is 25.7 Å². The van der Waals surface area contributed by atoms with Gasteiger partial charge in [-0.1, -0.05) is 29.8 Å². The fourth-order valence-corrected chi connectivity index (χ4v) is 5.84. The van der Waals surface area contributed by atoms with Gasteiger partial charge in [0.1, 0.15) is 11.6 Å². The molecule has 2 heterocycles. The Labute approximate surface area is 223 Å². The fourth-order valence-electron chi connectivity index (χ4n) is 5.71. The third-order valence-electron chi connectivity index (χ3n) is 7.81. The summed E-state index contributed by atoms with van der Waals surface area (Å²) in [7, 11) is 0. The number of likely N-dealkylation sites (tertiary alicyclic amines) is 1. The molecule has 2 saturated heterocycles. The predicted molar refractivity (Wildman–Crippen MR) is 141 cm³/mol. The topological polar surface area (TPSA) is 43.9 Å². The van der Waals surface area contributed by atoms with Crippen molar-refractivity contribution in [2.75, 3.05) is 32.7 Å². The second-order valence-electron chi connectivity index (χ2n) is 11.2. The second-order valence-corrected chi connectivity index (χ2v) is 11.6. The van der Waals surface area contributed by atoms with Crippen molar-refractivity contribution in [2.45, 2.75) is 58.0 Å². The van der Waals surface area contributed by atoms with Crippen LogP contribution in [0.1, 0.15) is 63.6 Å². The van der Waals surface area contributed by atoms with E-state index in [0.717, 1.165) is 24.5 Å². The maximum Gasteiger partial charge on any atom is 0.227 e. The first kappa shape index (κ1) is 27.5. The Morgan fingerprint density at radius 2 is 1.68 bits per heavy atom.